The fourth-order valence-corrected chi connectivity index (χ4v) is 6.13. The van der Waals surface area contributed by atoms with E-state index in [9.17, 15) is 32.8 Å². The summed E-state index contributed by atoms with van der Waals surface area (Å²) >= 11 is 0. The van der Waals surface area contributed by atoms with Gasteiger partial charge in [0.25, 0.3) is 5.91 Å². The number of methoxy groups -OCH3 is 1. The van der Waals surface area contributed by atoms with Gasteiger partial charge in [-0.1, -0.05) is 6.07 Å². The molecule has 0 bridgehead atoms. The molecule has 0 spiro atoms. The number of nitrogens with zero attached hydrogens (tertiary/aromatic N) is 1. The van der Waals surface area contributed by atoms with Gasteiger partial charge in [-0.15, -0.1) is 0 Å². The van der Waals surface area contributed by atoms with Crippen LogP contribution in [0.5, 0.6) is 5.75 Å². The molecule has 1 aromatic carbocycles. The molecule has 41 heavy (non-hydrogen) atoms. The number of amides is 1. The zero-order chi connectivity index (χ0) is 30.4. The third-order valence-corrected chi connectivity index (χ3v) is 9.01. The molecule has 1 aliphatic heterocycles. The Bertz CT molecular complexity index is 1370. The van der Waals surface area contributed by atoms with Crippen LogP contribution in [-0.4, -0.2) is 67.2 Å². The molecule has 11 nitrogen and oxygen atoms in total. The summed E-state index contributed by atoms with van der Waals surface area (Å²) in [6, 6.07) is 2.85. The van der Waals surface area contributed by atoms with Crippen LogP contribution in [0.1, 0.15) is 53.6 Å². The van der Waals surface area contributed by atoms with Crippen LogP contribution in [0.4, 0.5) is 8.78 Å². The SMILES string of the molecule is CCOP(=O)(CCOCCC1(C)C(=O)c2c(O)c(=O)c(C(=O)NCc3ccc(F)cc3F)cn2CC1OC)OCC. The molecule has 226 valence electrons. The van der Waals surface area contributed by atoms with Crippen molar-refractivity contribution in [2.24, 2.45) is 5.41 Å². The lowest BCUT2D eigenvalue weighted by atomic mass is 9.73. The summed E-state index contributed by atoms with van der Waals surface area (Å²) < 4.78 is 62.7. The number of halogens is 2. The van der Waals surface area contributed by atoms with Gasteiger partial charge in [-0.05, 0) is 33.3 Å². The molecule has 0 aliphatic carbocycles. The predicted molar refractivity (Wildman–Crippen MR) is 144 cm³/mol. The van der Waals surface area contributed by atoms with Crippen LogP contribution in [0.3, 0.4) is 0 Å². The zero-order valence-corrected chi connectivity index (χ0v) is 24.3. The van der Waals surface area contributed by atoms with E-state index < -0.39 is 59.2 Å². The number of Topliss-reactive ketones (excluding diaryl/α,β-unsaturated/α-hetero) is 1. The van der Waals surface area contributed by atoms with Gasteiger partial charge in [0, 0.05) is 38.1 Å². The van der Waals surface area contributed by atoms with Crippen molar-refractivity contribution in [2.75, 3.05) is 39.7 Å². The number of benzene rings is 1. The first-order valence-corrected chi connectivity index (χ1v) is 14.9. The Balaban J connectivity index is 1.75. The van der Waals surface area contributed by atoms with Gasteiger partial charge in [-0.3, -0.25) is 18.9 Å². The first-order chi connectivity index (χ1) is 19.4. The molecule has 2 aromatic rings. The van der Waals surface area contributed by atoms with E-state index in [4.69, 9.17) is 18.5 Å². The van der Waals surface area contributed by atoms with Crippen LogP contribution in [-0.2, 0) is 36.2 Å². The minimum Gasteiger partial charge on any atom is -0.503 e. The van der Waals surface area contributed by atoms with Gasteiger partial charge in [0.05, 0.1) is 44.0 Å². The molecular weight excluding hydrogens is 565 g/mol. The zero-order valence-electron chi connectivity index (χ0n) is 23.4. The van der Waals surface area contributed by atoms with Crippen molar-refractivity contribution in [3.63, 3.8) is 0 Å². The van der Waals surface area contributed by atoms with Gasteiger partial charge in [-0.2, -0.15) is 0 Å². The van der Waals surface area contributed by atoms with E-state index in [0.29, 0.717) is 6.07 Å². The van der Waals surface area contributed by atoms with Gasteiger partial charge >= 0.3 is 7.60 Å². The summed E-state index contributed by atoms with van der Waals surface area (Å²) in [5.74, 6) is -4.04. The smallest absolute Gasteiger partial charge is 0.332 e. The second kappa shape index (κ2) is 13.8. The number of ketones is 1. The van der Waals surface area contributed by atoms with Crippen LogP contribution in [0.2, 0.25) is 0 Å². The van der Waals surface area contributed by atoms with Crippen molar-refractivity contribution in [2.45, 2.75) is 46.4 Å². The molecule has 2 N–H and O–H groups in total. The van der Waals surface area contributed by atoms with E-state index in [-0.39, 0.29) is 63.4 Å². The molecule has 0 radical (unpaired) electrons. The monoisotopic (exact) mass is 600 g/mol. The molecule has 1 aliphatic rings. The highest BCUT2D eigenvalue weighted by Crippen LogP contribution is 2.47. The molecule has 2 atom stereocenters. The van der Waals surface area contributed by atoms with E-state index in [1.54, 1.807) is 20.8 Å². The van der Waals surface area contributed by atoms with E-state index in [0.717, 1.165) is 18.3 Å². The summed E-state index contributed by atoms with van der Waals surface area (Å²) in [4.78, 5) is 39.3. The summed E-state index contributed by atoms with van der Waals surface area (Å²) in [5.41, 5.74) is -3.01. The van der Waals surface area contributed by atoms with Crippen molar-refractivity contribution in [1.29, 1.82) is 0 Å². The molecule has 1 aromatic heterocycles. The third-order valence-electron chi connectivity index (χ3n) is 6.97. The first kappa shape index (κ1) is 32.6. The Labute approximate surface area is 236 Å². The maximum atomic E-state index is 13.9. The second-order valence-corrected chi connectivity index (χ2v) is 11.8. The lowest BCUT2D eigenvalue weighted by Gasteiger charge is -2.40. The number of carbonyl (C=O) groups excluding carboxylic acids is 2. The van der Waals surface area contributed by atoms with Crippen molar-refractivity contribution in [3.8, 4) is 5.75 Å². The number of carbonyl (C=O) groups is 2. The van der Waals surface area contributed by atoms with Gasteiger partial charge < -0.3 is 33.5 Å². The van der Waals surface area contributed by atoms with E-state index in [1.807, 2.05) is 0 Å². The van der Waals surface area contributed by atoms with E-state index >= 15 is 0 Å². The minimum atomic E-state index is -3.29. The molecule has 0 fully saturated rings. The Morgan fingerprint density at radius 1 is 1.20 bits per heavy atom. The number of aromatic nitrogens is 1. The third kappa shape index (κ3) is 7.28. The fraction of sp³-hybridized carbons (Fsp3) is 0.519. The van der Waals surface area contributed by atoms with Gasteiger partial charge in [-0.25, -0.2) is 8.78 Å². The number of rotatable bonds is 14. The van der Waals surface area contributed by atoms with Gasteiger partial charge in [0.15, 0.2) is 11.5 Å². The van der Waals surface area contributed by atoms with Crippen LogP contribution >= 0.6 is 7.60 Å². The summed E-state index contributed by atoms with van der Waals surface area (Å²) in [6.45, 7) is 5.30. The number of pyridine rings is 1. The lowest BCUT2D eigenvalue weighted by molar-refractivity contribution is -0.0286. The van der Waals surface area contributed by atoms with Crippen molar-refractivity contribution < 1.29 is 46.6 Å². The largest absolute Gasteiger partial charge is 0.503 e. The Morgan fingerprint density at radius 3 is 2.49 bits per heavy atom. The normalized spacial score (nSPS) is 18.8. The second-order valence-electron chi connectivity index (χ2n) is 9.64. The fourth-order valence-electron chi connectivity index (χ4n) is 4.66. The number of fused-ring (bicyclic) bond motifs is 1. The van der Waals surface area contributed by atoms with Crippen LogP contribution in [0.25, 0.3) is 0 Å². The molecule has 2 heterocycles. The van der Waals surface area contributed by atoms with Crippen LogP contribution < -0.4 is 10.7 Å². The number of nitrogens with one attached hydrogen (secondary N) is 1. The number of aromatic hydroxyl groups is 1. The molecule has 0 saturated carbocycles. The first-order valence-electron chi connectivity index (χ1n) is 13.1. The molecule has 0 saturated heterocycles. The minimum absolute atomic E-state index is 0.00626. The maximum Gasteiger partial charge on any atom is 0.332 e. The predicted octanol–water partition coefficient (Wildman–Crippen LogP) is 3.65. The van der Waals surface area contributed by atoms with Crippen molar-refractivity contribution in [3.05, 3.63) is 63.1 Å². The number of hydrogen-bond acceptors (Lipinski definition) is 9. The summed E-state index contributed by atoms with van der Waals surface area (Å²) in [5, 5.41) is 13.1. The quantitative estimate of drug-likeness (QED) is 0.245. The molecular formula is C27H35F2N2O9P. The Kier molecular flexibility index (Phi) is 11.0. The van der Waals surface area contributed by atoms with Gasteiger partial charge in [0.2, 0.25) is 5.43 Å². The lowest BCUT2D eigenvalue weighted by Crippen LogP contribution is -2.50. The average Bonchev–Trinajstić information content (AvgIpc) is 2.92. The molecule has 3 rings (SSSR count). The van der Waals surface area contributed by atoms with Crippen LogP contribution in [0.15, 0.2) is 29.2 Å². The molecule has 2 unspecified atom stereocenters. The Morgan fingerprint density at radius 2 is 1.88 bits per heavy atom. The standard InChI is InChI=1S/C27H35F2N2O9P/c1-5-39-41(36,40-6-2)12-11-38-10-9-27(3)21(37-4)16-31-15-19(23(32)24(33)22(31)25(27)34)26(35)30-14-17-7-8-18(28)13-20(17)29/h7-8,13,15,21,33H,5-6,9-12,14,16H2,1-4H3,(H,30,35). The van der Waals surface area contributed by atoms with E-state index in [2.05, 4.69) is 5.32 Å². The molecule has 14 heteroatoms. The number of ether oxygens (including phenoxy) is 2. The van der Waals surface area contributed by atoms with E-state index in [1.165, 1.54) is 11.7 Å². The Hall–Kier alpha value is -2.96. The maximum absolute atomic E-state index is 13.9. The highest BCUT2D eigenvalue weighted by molar-refractivity contribution is 7.53. The average molecular weight is 601 g/mol. The highest BCUT2D eigenvalue weighted by Gasteiger charge is 2.48. The highest BCUT2D eigenvalue weighted by atomic mass is 31.2. The van der Waals surface area contributed by atoms with Crippen molar-refractivity contribution in [1.82, 2.24) is 9.88 Å². The summed E-state index contributed by atoms with van der Waals surface area (Å²) in [6.07, 6.45) is 0.615. The number of hydrogen-bond donors (Lipinski definition) is 2. The van der Waals surface area contributed by atoms with Crippen molar-refractivity contribution >= 4 is 19.3 Å². The molecule has 1 amide bonds. The van der Waals surface area contributed by atoms with Gasteiger partial charge in [0.1, 0.15) is 22.9 Å². The summed E-state index contributed by atoms with van der Waals surface area (Å²) in [7, 11) is -1.88. The van der Waals surface area contributed by atoms with Crippen LogP contribution in [0, 0.1) is 17.0 Å². The topological polar surface area (TPSA) is 142 Å².